The summed E-state index contributed by atoms with van der Waals surface area (Å²) >= 11 is 7.08. The molecule has 1 heterocycles. The number of carbonyl (C=O) groups excluding carboxylic acids is 1. The molecule has 0 radical (unpaired) electrons. The molecule has 1 amide bonds. The third-order valence-electron chi connectivity index (χ3n) is 3.77. The molecule has 5 nitrogen and oxygen atoms in total. The van der Waals surface area contributed by atoms with Gasteiger partial charge < -0.3 is 5.73 Å². The Balaban J connectivity index is 2.01. The average molecular weight is 371 g/mol. The number of carbonyl (C=O) groups is 1. The zero-order chi connectivity index (χ0) is 16.6. The van der Waals surface area contributed by atoms with Crippen LogP contribution in [0.15, 0.2) is 29.2 Å². The summed E-state index contributed by atoms with van der Waals surface area (Å²) in [6.45, 7) is 0. The number of hydrogen-bond acceptors (Lipinski definition) is 4. The first-order valence-corrected chi connectivity index (χ1v) is 9.79. The van der Waals surface area contributed by atoms with Gasteiger partial charge in [-0.25, -0.2) is 8.42 Å². The number of anilines is 1. The van der Waals surface area contributed by atoms with E-state index in [1.54, 1.807) is 0 Å². The Bertz CT molecular complexity index is 858. The van der Waals surface area contributed by atoms with E-state index in [4.69, 9.17) is 17.3 Å². The second kappa shape index (κ2) is 6.14. The molecule has 1 aromatic heterocycles. The zero-order valence-electron chi connectivity index (χ0n) is 12.1. The van der Waals surface area contributed by atoms with Crippen LogP contribution in [0.5, 0.6) is 0 Å². The standard InChI is InChI=1S/C15H15ClN2O3S2/c16-9-5-7-10(8-6-9)23(20,21)18-15-13(14(17)19)11-3-1-2-4-12(11)22-15/h5-8,18H,1-4H2,(H2,17,19). The largest absolute Gasteiger partial charge is 0.365 e. The molecule has 3 rings (SSSR count). The molecule has 122 valence electrons. The van der Waals surface area contributed by atoms with Crippen LogP contribution in [-0.4, -0.2) is 14.3 Å². The molecule has 1 aliphatic carbocycles. The van der Waals surface area contributed by atoms with Crippen LogP contribution in [0.25, 0.3) is 0 Å². The highest BCUT2D eigenvalue weighted by Crippen LogP contribution is 2.38. The van der Waals surface area contributed by atoms with Gasteiger partial charge in [0, 0.05) is 9.90 Å². The van der Waals surface area contributed by atoms with E-state index in [2.05, 4.69) is 4.72 Å². The molecule has 1 aromatic carbocycles. The fourth-order valence-corrected chi connectivity index (χ4v) is 5.42. The monoisotopic (exact) mass is 370 g/mol. The fraction of sp³-hybridized carbons (Fsp3) is 0.267. The molecule has 1 aliphatic rings. The van der Waals surface area contributed by atoms with Crippen molar-refractivity contribution < 1.29 is 13.2 Å². The second-order valence-corrected chi connectivity index (χ2v) is 8.56. The zero-order valence-corrected chi connectivity index (χ0v) is 14.5. The topological polar surface area (TPSA) is 89.3 Å². The van der Waals surface area contributed by atoms with Crippen LogP contribution < -0.4 is 10.5 Å². The van der Waals surface area contributed by atoms with E-state index >= 15 is 0 Å². The van der Waals surface area contributed by atoms with Crippen LogP contribution in [0.3, 0.4) is 0 Å². The Kier molecular flexibility index (Phi) is 4.35. The number of hydrogen-bond donors (Lipinski definition) is 2. The number of halogens is 1. The quantitative estimate of drug-likeness (QED) is 0.866. The third-order valence-corrected chi connectivity index (χ3v) is 6.72. The SMILES string of the molecule is NC(=O)c1c(NS(=O)(=O)c2ccc(Cl)cc2)sc2c1CCCC2. The highest BCUT2D eigenvalue weighted by atomic mass is 35.5. The van der Waals surface area contributed by atoms with E-state index in [-0.39, 0.29) is 4.90 Å². The second-order valence-electron chi connectivity index (χ2n) is 5.34. The van der Waals surface area contributed by atoms with Crippen molar-refractivity contribution in [3.05, 3.63) is 45.3 Å². The van der Waals surface area contributed by atoms with Crippen LogP contribution >= 0.6 is 22.9 Å². The molecule has 3 N–H and O–H groups in total. The Labute approximate surface area is 143 Å². The highest BCUT2D eigenvalue weighted by molar-refractivity contribution is 7.93. The number of rotatable bonds is 4. The van der Waals surface area contributed by atoms with Gasteiger partial charge in [-0.05, 0) is 55.5 Å². The van der Waals surface area contributed by atoms with Crippen molar-refractivity contribution in [2.24, 2.45) is 5.73 Å². The van der Waals surface area contributed by atoms with Crippen LogP contribution in [0.4, 0.5) is 5.00 Å². The maximum Gasteiger partial charge on any atom is 0.262 e. The molecule has 8 heteroatoms. The first-order chi connectivity index (χ1) is 10.9. The number of benzene rings is 1. The van der Waals surface area contributed by atoms with Crippen LogP contribution in [0, 0.1) is 0 Å². The van der Waals surface area contributed by atoms with Crippen molar-refractivity contribution in [3.8, 4) is 0 Å². The number of sulfonamides is 1. The maximum atomic E-state index is 12.5. The van der Waals surface area contributed by atoms with Gasteiger partial charge in [-0.2, -0.15) is 0 Å². The van der Waals surface area contributed by atoms with Crippen LogP contribution in [0.2, 0.25) is 5.02 Å². The summed E-state index contributed by atoms with van der Waals surface area (Å²) in [5.74, 6) is -0.599. The van der Waals surface area contributed by atoms with Crippen molar-refractivity contribution in [3.63, 3.8) is 0 Å². The van der Waals surface area contributed by atoms with E-state index in [9.17, 15) is 13.2 Å². The number of amides is 1. The van der Waals surface area contributed by atoms with Gasteiger partial charge in [-0.1, -0.05) is 11.6 Å². The van der Waals surface area contributed by atoms with Crippen molar-refractivity contribution in [2.45, 2.75) is 30.6 Å². The summed E-state index contributed by atoms with van der Waals surface area (Å²) in [6.07, 6.45) is 3.62. The number of thiophene rings is 1. The number of nitrogens with two attached hydrogens (primary N) is 1. The predicted octanol–water partition coefficient (Wildman–Crippen LogP) is 3.18. The van der Waals surface area contributed by atoms with Gasteiger partial charge in [0.25, 0.3) is 15.9 Å². The van der Waals surface area contributed by atoms with E-state index in [0.717, 1.165) is 36.1 Å². The molecule has 0 fully saturated rings. The molecule has 0 saturated carbocycles. The average Bonchev–Trinajstić information content (AvgIpc) is 2.84. The Morgan fingerprint density at radius 2 is 1.83 bits per heavy atom. The number of fused-ring (bicyclic) bond motifs is 1. The van der Waals surface area contributed by atoms with Crippen molar-refractivity contribution in [1.29, 1.82) is 0 Å². The summed E-state index contributed by atoms with van der Waals surface area (Å²) in [4.78, 5) is 12.9. The lowest BCUT2D eigenvalue weighted by Crippen LogP contribution is -2.18. The van der Waals surface area contributed by atoms with Gasteiger partial charge in [-0.15, -0.1) is 11.3 Å². The minimum absolute atomic E-state index is 0.0868. The summed E-state index contributed by atoms with van der Waals surface area (Å²) < 4.78 is 27.5. The molecule has 0 atom stereocenters. The normalized spacial score (nSPS) is 14.3. The Hall–Kier alpha value is -1.57. The number of primary amides is 1. The molecule has 23 heavy (non-hydrogen) atoms. The summed E-state index contributed by atoms with van der Waals surface area (Å²) in [5.41, 5.74) is 6.67. The van der Waals surface area contributed by atoms with E-state index in [1.807, 2.05) is 0 Å². The highest BCUT2D eigenvalue weighted by Gasteiger charge is 2.26. The third kappa shape index (κ3) is 3.22. The van der Waals surface area contributed by atoms with Gasteiger partial charge in [0.05, 0.1) is 10.5 Å². The first-order valence-electron chi connectivity index (χ1n) is 7.11. The van der Waals surface area contributed by atoms with Gasteiger partial charge in [0.1, 0.15) is 5.00 Å². The summed E-state index contributed by atoms with van der Waals surface area (Å²) in [5, 5.41) is 0.757. The fourth-order valence-electron chi connectivity index (χ4n) is 2.69. The lowest BCUT2D eigenvalue weighted by Gasteiger charge is -2.11. The molecular weight excluding hydrogens is 356 g/mol. The molecule has 0 unspecified atom stereocenters. The lowest BCUT2D eigenvalue weighted by molar-refractivity contribution is 0.100. The first kappa shape index (κ1) is 16.3. The smallest absolute Gasteiger partial charge is 0.262 e. The summed E-state index contributed by atoms with van der Waals surface area (Å²) in [6, 6.07) is 5.85. The Morgan fingerprint density at radius 1 is 1.17 bits per heavy atom. The molecule has 0 aliphatic heterocycles. The Morgan fingerprint density at radius 3 is 2.48 bits per heavy atom. The summed E-state index contributed by atoms with van der Waals surface area (Å²) in [7, 11) is -3.79. The van der Waals surface area contributed by atoms with E-state index < -0.39 is 15.9 Å². The van der Waals surface area contributed by atoms with Crippen LogP contribution in [0.1, 0.15) is 33.6 Å². The van der Waals surface area contributed by atoms with Gasteiger partial charge >= 0.3 is 0 Å². The number of nitrogens with one attached hydrogen (secondary N) is 1. The van der Waals surface area contributed by atoms with Crippen LogP contribution in [-0.2, 0) is 22.9 Å². The van der Waals surface area contributed by atoms with Gasteiger partial charge in [-0.3, -0.25) is 9.52 Å². The molecule has 0 spiro atoms. The van der Waals surface area contributed by atoms with Crippen molar-refractivity contribution >= 4 is 43.9 Å². The molecule has 0 saturated heterocycles. The molecular formula is C15H15ClN2O3S2. The maximum absolute atomic E-state index is 12.5. The van der Waals surface area contributed by atoms with Gasteiger partial charge in [0.2, 0.25) is 0 Å². The van der Waals surface area contributed by atoms with Crippen molar-refractivity contribution in [1.82, 2.24) is 0 Å². The van der Waals surface area contributed by atoms with Crippen molar-refractivity contribution in [2.75, 3.05) is 4.72 Å². The minimum Gasteiger partial charge on any atom is -0.365 e. The van der Waals surface area contributed by atoms with E-state index in [1.165, 1.54) is 35.6 Å². The van der Waals surface area contributed by atoms with Gasteiger partial charge in [0.15, 0.2) is 0 Å². The molecule has 0 bridgehead atoms. The minimum atomic E-state index is -3.79. The molecule has 2 aromatic rings. The lowest BCUT2D eigenvalue weighted by atomic mass is 9.95. The predicted molar refractivity (Wildman–Crippen MR) is 91.7 cm³/mol. The number of aryl methyl sites for hydroxylation is 1. The van der Waals surface area contributed by atoms with E-state index in [0.29, 0.717) is 15.6 Å².